The zero-order valence-electron chi connectivity index (χ0n) is 6.53. The fraction of sp³-hybridized carbons (Fsp3) is 0.125. The number of hydrogen-bond donors (Lipinski definition) is 1. The van der Waals surface area contributed by atoms with Gasteiger partial charge in [-0.2, -0.15) is 12.6 Å². The molecule has 0 N–H and O–H groups in total. The van der Waals surface area contributed by atoms with Gasteiger partial charge in [0.05, 0.1) is 10.0 Å². The van der Waals surface area contributed by atoms with Crippen LogP contribution in [0.15, 0.2) is 22.0 Å². The smallest absolute Gasteiger partial charge is 0.168 e. The fourth-order valence-corrected chi connectivity index (χ4v) is 1.98. The van der Waals surface area contributed by atoms with Gasteiger partial charge in [-0.15, -0.1) is 11.3 Å². The van der Waals surface area contributed by atoms with Crippen LogP contribution in [-0.2, 0) is 5.75 Å². The molecule has 2 nitrogen and oxygen atoms in total. The molecule has 0 fully saturated rings. The number of nitrogens with zero attached hydrogens (tertiary/aromatic N) is 1. The van der Waals surface area contributed by atoms with Crippen molar-refractivity contribution in [3.8, 4) is 11.3 Å². The van der Waals surface area contributed by atoms with Gasteiger partial charge < -0.3 is 4.52 Å². The van der Waals surface area contributed by atoms with E-state index >= 15 is 0 Å². The average molecular weight is 232 g/mol. The van der Waals surface area contributed by atoms with Gasteiger partial charge in [0, 0.05) is 22.8 Å². The summed E-state index contributed by atoms with van der Waals surface area (Å²) in [6, 6.07) is 3.72. The minimum absolute atomic E-state index is 0.585. The molecule has 0 aliphatic carbocycles. The van der Waals surface area contributed by atoms with Crippen molar-refractivity contribution in [3.63, 3.8) is 0 Å². The van der Waals surface area contributed by atoms with Gasteiger partial charge in [0.15, 0.2) is 5.76 Å². The van der Waals surface area contributed by atoms with Crippen molar-refractivity contribution in [1.29, 1.82) is 0 Å². The van der Waals surface area contributed by atoms with Crippen LogP contribution in [0.5, 0.6) is 0 Å². The lowest BCUT2D eigenvalue weighted by Crippen LogP contribution is -1.70. The number of rotatable bonds is 2. The molecule has 0 saturated carbocycles. The van der Waals surface area contributed by atoms with E-state index in [9.17, 15) is 0 Å². The van der Waals surface area contributed by atoms with Crippen molar-refractivity contribution in [2.45, 2.75) is 5.75 Å². The molecule has 68 valence electrons. The molecule has 2 aromatic rings. The third kappa shape index (κ3) is 1.90. The summed E-state index contributed by atoms with van der Waals surface area (Å²) in [6.45, 7) is 0. The van der Waals surface area contributed by atoms with Crippen molar-refractivity contribution in [3.05, 3.63) is 27.5 Å². The first-order valence-electron chi connectivity index (χ1n) is 3.60. The Bertz CT molecular complexity index is 410. The third-order valence-electron chi connectivity index (χ3n) is 1.57. The number of aromatic nitrogens is 1. The molecule has 0 aliphatic rings. The quantitative estimate of drug-likeness (QED) is 0.801. The first-order valence-corrected chi connectivity index (χ1v) is 5.49. The van der Waals surface area contributed by atoms with Crippen molar-refractivity contribution in [2.24, 2.45) is 0 Å². The molecular weight excluding hydrogens is 226 g/mol. The molecule has 13 heavy (non-hydrogen) atoms. The number of thiophene rings is 1. The van der Waals surface area contributed by atoms with E-state index in [1.807, 2.05) is 17.5 Å². The Hall–Kier alpha value is -0.450. The van der Waals surface area contributed by atoms with Crippen LogP contribution in [0.2, 0.25) is 4.34 Å². The van der Waals surface area contributed by atoms with Crippen LogP contribution in [0.25, 0.3) is 11.3 Å². The van der Waals surface area contributed by atoms with Crippen molar-refractivity contribution < 1.29 is 4.52 Å². The zero-order valence-corrected chi connectivity index (χ0v) is 8.99. The van der Waals surface area contributed by atoms with E-state index in [0.29, 0.717) is 5.75 Å². The molecule has 2 aromatic heterocycles. The number of halogens is 1. The molecule has 0 aromatic carbocycles. The minimum Gasteiger partial charge on any atom is -0.356 e. The Morgan fingerprint density at radius 1 is 1.54 bits per heavy atom. The molecule has 5 heteroatoms. The highest BCUT2D eigenvalue weighted by Crippen LogP contribution is 2.29. The Labute approximate surface area is 89.9 Å². The SMILES string of the molecule is SCc1cc(-c2csc(Cl)c2)on1. The van der Waals surface area contributed by atoms with E-state index < -0.39 is 0 Å². The van der Waals surface area contributed by atoms with Gasteiger partial charge in [-0.1, -0.05) is 16.8 Å². The molecule has 0 saturated heterocycles. The van der Waals surface area contributed by atoms with Gasteiger partial charge in [-0.3, -0.25) is 0 Å². The highest BCUT2D eigenvalue weighted by molar-refractivity contribution is 7.79. The molecule has 0 unspecified atom stereocenters. The predicted molar refractivity (Wildman–Crippen MR) is 57.5 cm³/mol. The molecule has 2 rings (SSSR count). The van der Waals surface area contributed by atoms with Crippen molar-refractivity contribution >= 4 is 35.6 Å². The second-order valence-corrected chi connectivity index (χ2v) is 4.34. The summed E-state index contributed by atoms with van der Waals surface area (Å²) in [6.07, 6.45) is 0. The first-order chi connectivity index (χ1) is 6.29. The molecule has 0 aliphatic heterocycles. The van der Waals surface area contributed by atoms with Gasteiger partial charge in [0.2, 0.25) is 0 Å². The lowest BCUT2D eigenvalue weighted by atomic mass is 10.2. The highest BCUT2D eigenvalue weighted by Gasteiger charge is 2.07. The Morgan fingerprint density at radius 2 is 2.38 bits per heavy atom. The second-order valence-electron chi connectivity index (χ2n) is 2.48. The molecule has 0 bridgehead atoms. The van der Waals surface area contributed by atoms with Crippen LogP contribution in [0.3, 0.4) is 0 Å². The van der Waals surface area contributed by atoms with Crippen LogP contribution in [0.1, 0.15) is 5.69 Å². The lowest BCUT2D eigenvalue weighted by molar-refractivity contribution is 0.426. The van der Waals surface area contributed by atoms with Gasteiger partial charge in [-0.05, 0) is 6.07 Å². The molecule has 0 spiro atoms. The molecule has 0 atom stereocenters. The summed E-state index contributed by atoms with van der Waals surface area (Å²) in [4.78, 5) is 0. The van der Waals surface area contributed by atoms with E-state index in [2.05, 4.69) is 17.8 Å². The summed E-state index contributed by atoms with van der Waals surface area (Å²) in [5.41, 5.74) is 1.80. The number of thiol groups is 1. The molecular formula is C8H6ClNOS2. The number of hydrogen-bond acceptors (Lipinski definition) is 4. The molecule has 0 amide bonds. The Kier molecular flexibility index (Phi) is 2.62. The fourth-order valence-electron chi connectivity index (χ4n) is 0.962. The monoisotopic (exact) mass is 231 g/mol. The Balaban J connectivity index is 2.35. The minimum atomic E-state index is 0.585. The van der Waals surface area contributed by atoms with Crippen molar-refractivity contribution in [2.75, 3.05) is 0 Å². The summed E-state index contributed by atoms with van der Waals surface area (Å²) in [7, 11) is 0. The van der Waals surface area contributed by atoms with E-state index in [1.165, 1.54) is 11.3 Å². The third-order valence-corrected chi connectivity index (χ3v) is 2.99. The van der Waals surface area contributed by atoms with Crippen molar-refractivity contribution in [1.82, 2.24) is 5.16 Å². The van der Waals surface area contributed by atoms with Gasteiger partial charge in [0.1, 0.15) is 0 Å². The first kappa shape index (κ1) is 9.12. The topological polar surface area (TPSA) is 26.0 Å². The Morgan fingerprint density at radius 3 is 2.92 bits per heavy atom. The molecule has 2 heterocycles. The van der Waals surface area contributed by atoms with E-state index in [1.54, 1.807) is 0 Å². The second kappa shape index (κ2) is 3.74. The maximum Gasteiger partial charge on any atom is 0.168 e. The van der Waals surface area contributed by atoms with Crippen LogP contribution in [0.4, 0.5) is 0 Å². The summed E-state index contributed by atoms with van der Waals surface area (Å²) in [5.74, 6) is 1.33. The van der Waals surface area contributed by atoms with Gasteiger partial charge >= 0.3 is 0 Å². The van der Waals surface area contributed by atoms with Crippen LogP contribution >= 0.6 is 35.6 Å². The summed E-state index contributed by atoms with van der Waals surface area (Å²) < 4.78 is 5.85. The van der Waals surface area contributed by atoms with Crippen LogP contribution in [-0.4, -0.2) is 5.16 Å². The maximum absolute atomic E-state index is 5.79. The van der Waals surface area contributed by atoms with E-state index in [0.717, 1.165) is 21.4 Å². The average Bonchev–Trinajstić information content (AvgIpc) is 2.71. The largest absolute Gasteiger partial charge is 0.356 e. The predicted octanol–water partition coefficient (Wildman–Crippen LogP) is 3.49. The standard InChI is InChI=1S/C8H6ClNOS2/c9-8-1-5(4-13-8)7-2-6(3-12)10-11-7/h1-2,4,12H,3H2. The van der Waals surface area contributed by atoms with Crippen LogP contribution < -0.4 is 0 Å². The lowest BCUT2D eigenvalue weighted by Gasteiger charge is -1.83. The summed E-state index contributed by atoms with van der Waals surface area (Å²) in [5, 5.41) is 5.77. The molecule has 0 radical (unpaired) electrons. The van der Waals surface area contributed by atoms with E-state index in [-0.39, 0.29) is 0 Å². The van der Waals surface area contributed by atoms with Gasteiger partial charge in [0.25, 0.3) is 0 Å². The zero-order chi connectivity index (χ0) is 9.26. The maximum atomic E-state index is 5.79. The van der Waals surface area contributed by atoms with Gasteiger partial charge in [-0.25, -0.2) is 0 Å². The summed E-state index contributed by atoms with van der Waals surface area (Å²) >= 11 is 11.4. The normalized spacial score (nSPS) is 10.6. The van der Waals surface area contributed by atoms with E-state index in [4.69, 9.17) is 16.1 Å². The van der Waals surface area contributed by atoms with Crippen LogP contribution in [0, 0.1) is 0 Å². The highest BCUT2D eigenvalue weighted by atomic mass is 35.5.